The molecule has 0 amide bonds. The molecule has 2 heterocycles. The lowest BCUT2D eigenvalue weighted by molar-refractivity contribution is 1.07. The van der Waals surface area contributed by atoms with Crippen LogP contribution in [0, 0.1) is 0 Å². The molecule has 5 aromatic carbocycles. The maximum absolute atomic E-state index is 5.05. The van der Waals surface area contributed by atoms with Crippen molar-refractivity contribution < 1.29 is 0 Å². The third kappa shape index (κ3) is 5.38. The summed E-state index contributed by atoms with van der Waals surface area (Å²) in [5.41, 5.74) is 18.0. The summed E-state index contributed by atoms with van der Waals surface area (Å²) < 4.78 is 0. The van der Waals surface area contributed by atoms with E-state index in [0.717, 1.165) is 61.2 Å². The molecule has 0 aliphatic heterocycles. The van der Waals surface area contributed by atoms with E-state index in [9.17, 15) is 0 Å². The monoisotopic (exact) mass is 586 g/mol. The molecule has 214 valence electrons. The Bertz CT molecular complexity index is 2260. The maximum atomic E-state index is 5.05. The van der Waals surface area contributed by atoms with E-state index in [1.54, 1.807) is 0 Å². The average Bonchev–Trinajstić information content (AvgIpc) is 3.15. The zero-order valence-corrected chi connectivity index (χ0v) is 24.8. The number of rotatable bonds is 6. The van der Waals surface area contributed by atoms with Crippen molar-refractivity contribution in [3.63, 3.8) is 0 Å². The molecular formula is C42H26N4. The van der Waals surface area contributed by atoms with E-state index >= 15 is 0 Å². The lowest BCUT2D eigenvalue weighted by atomic mass is 9.89. The Morgan fingerprint density at radius 1 is 0.391 bits per heavy atom. The molecular weight excluding hydrogens is 560 g/mol. The summed E-state index contributed by atoms with van der Waals surface area (Å²) in [6.45, 7) is 0. The van der Waals surface area contributed by atoms with Crippen LogP contribution in [-0.4, -0.2) is 19.9 Å². The second kappa shape index (κ2) is 11.9. The summed E-state index contributed by atoms with van der Waals surface area (Å²) in [6, 6.07) is 47.7. The van der Waals surface area contributed by atoms with Crippen LogP contribution < -0.4 is 0 Å². The van der Waals surface area contributed by atoms with Gasteiger partial charge in [0.2, 0.25) is 0 Å². The summed E-state index contributed by atoms with van der Waals surface area (Å²) in [6.07, 6.45) is 5.62. The lowest BCUT2D eigenvalue weighted by Gasteiger charge is -2.15. The molecule has 0 fully saturated rings. The van der Waals surface area contributed by atoms with E-state index in [2.05, 4.69) is 77.1 Å². The van der Waals surface area contributed by atoms with Crippen molar-refractivity contribution in [2.75, 3.05) is 0 Å². The van der Waals surface area contributed by atoms with E-state index in [-0.39, 0.29) is 0 Å². The number of nitrogens with zero attached hydrogens (tertiary/aromatic N) is 4. The highest BCUT2D eigenvalue weighted by Crippen LogP contribution is 2.36. The summed E-state index contributed by atoms with van der Waals surface area (Å²) in [4.78, 5) is 19.2. The van der Waals surface area contributed by atoms with Crippen LogP contribution in [0.1, 0.15) is 16.7 Å². The maximum Gasteiger partial charge on any atom is 0.164 e. The molecule has 0 unspecified atom stereocenters. The Hall–Kier alpha value is -6.44. The van der Waals surface area contributed by atoms with Gasteiger partial charge in [-0.3, -0.25) is 4.98 Å². The van der Waals surface area contributed by atoms with Crippen molar-refractivity contribution in [3.05, 3.63) is 180 Å². The number of benzene rings is 5. The highest BCUT2D eigenvalue weighted by Gasteiger charge is 2.17. The van der Waals surface area contributed by atoms with Gasteiger partial charge in [-0.05, 0) is 81.4 Å². The van der Waals surface area contributed by atoms with Crippen molar-refractivity contribution >= 4 is 11.6 Å². The Balaban J connectivity index is 1.36. The van der Waals surface area contributed by atoms with Crippen LogP contribution in [0.5, 0.6) is 0 Å². The van der Waals surface area contributed by atoms with Crippen molar-refractivity contribution in [1.82, 2.24) is 19.9 Å². The number of aromatic nitrogens is 4. The Labute approximate surface area is 267 Å². The molecule has 1 aliphatic rings. The molecule has 2 aromatic heterocycles. The van der Waals surface area contributed by atoms with E-state index in [4.69, 9.17) is 15.0 Å². The van der Waals surface area contributed by atoms with Gasteiger partial charge in [-0.1, -0.05) is 115 Å². The predicted octanol–water partition coefficient (Wildman–Crippen LogP) is 9.81. The van der Waals surface area contributed by atoms with Crippen LogP contribution >= 0.6 is 0 Å². The molecule has 0 atom stereocenters. The first-order valence-corrected chi connectivity index (χ1v) is 15.1. The molecule has 1 aliphatic carbocycles. The largest absolute Gasteiger partial charge is 0.265 e. The van der Waals surface area contributed by atoms with Crippen molar-refractivity contribution in [3.8, 4) is 56.4 Å². The smallest absolute Gasteiger partial charge is 0.164 e. The van der Waals surface area contributed by atoms with E-state index in [1.807, 2.05) is 97.3 Å². The second-order valence-electron chi connectivity index (χ2n) is 11.0. The minimum atomic E-state index is 0.602. The quantitative estimate of drug-likeness (QED) is 0.182. The Morgan fingerprint density at radius 3 is 1.61 bits per heavy atom. The number of hydrogen-bond acceptors (Lipinski definition) is 4. The fourth-order valence-corrected chi connectivity index (χ4v) is 5.76. The van der Waals surface area contributed by atoms with Gasteiger partial charge < -0.3 is 0 Å². The third-order valence-electron chi connectivity index (χ3n) is 8.04. The molecule has 0 radical (unpaired) electrons. The van der Waals surface area contributed by atoms with Crippen LogP contribution in [0.2, 0.25) is 0 Å². The molecule has 0 saturated carbocycles. The van der Waals surface area contributed by atoms with Gasteiger partial charge in [0.05, 0.1) is 0 Å². The molecule has 4 heteroatoms. The third-order valence-corrected chi connectivity index (χ3v) is 8.04. The molecule has 7 aromatic rings. The van der Waals surface area contributed by atoms with E-state index in [0.29, 0.717) is 17.5 Å². The minimum Gasteiger partial charge on any atom is -0.265 e. The summed E-state index contributed by atoms with van der Waals surface area (Å²) >= 11 is 0. The second-order valence-corrected chi connectivity index (χ2v) is 11.0. The zero-order valence-electron chi connectivity index (χ0n) is 24.8. The topological polar surface area (TPSA) is 51.6 Å². The molecule has 46 heavy (non-hydrogen) atoms. The first-order chi connectivity index (χ1) is 22.8. The van der Waals surface area contributed by atoms with Gasteiger partial charge in [0.25, 0.3) is 0 Å². The highest BCUT2D eigenvalue weighted by atomic mass is 15.0. The molecule has 4 nitrogen and oxygen atoms in total. The van der Waals surface area contributed by atoms with Gasteiger partial charge >= 0.3 is 0 Å². The standard InChI is InChI=1S/C42H26N4/c1-3-12-31(13-4-1)40-44-41(32-14-5-2-6-15-32)46-42(45-40)37-27-35(34-18-9-17-33(25-34)29-21-23-43-24-22-29)26-36(28-37)39-20-10-16-30-11-7-8-19-38(30)39/h1-9,11-19,21-28H. The van der Waals surface area contributed by atoms with Gasteiger partial charge in [0.1, 0.15) is 0 Å². The fourth-order valence-electron chi connectivity index (χ4n) is 5.76. The molecule has 0 N–H and O–H groups in total. The first-order valence-electron chi connectivity index (χ1n) is 15.1. The Morgan fingerprint density at radius 2 is 0.913 bits per heavy atom. The van der Waals surface area contributed by atoms with Gasteiger partial charge in [-0.2, -0.15) is 0 Å². The van der Waals surface area contributed by atoms with E-state index in [1.165, 1.54) is 0 Å². The van der Waals surface area contributed by atoms with Crippen LogP contribution in [0.4, 0.5) is 0 Å². The van der Waals surface area contributed by atoms with Crippen molar-refractivity contribution in [1.29, 1.82) is 0 Å². The first kappa shape index (κ1) is 27.1. The molecule has 0 spiro atoms. The van der Waals surface area contributed by atoms with Crippen LogP contribution in [0.3, 0.4) is 0 Å². The van der Waals surface area contributed by atoms with E-state index < -0.39 is 0 Å². The van der Waals surface area contributed by atoms with Gasteiger partial charge in [0, 0.05) is 34.7 Å². The lowest BCUT2D eigenvalue weighted by Crippen LogP contribution is -2.01. The van der Waals surface area contributed by atoms with Crippen LogP contribution in [0.25, 0.3) is 68.1 Å². The van der Waals surface area contributed by atoms with Crippen molar-refractivity contribution in [2.45, 2.75) is 0 Å². The van der Waals surface area contributed by atoms with Crippen LogP contribution in [-0.2, 0) is 0 Å². The average molecular weight is 587 g/mol. The normalized spacial score (nSPS) is 11.6. The molecule has 0 saturated heterocycles. The summed E-state index contributed by atoms with van der Waals surface area (Å²) in [5.74, 6) is 1.85. The molecule has 0 bridgehead atoms. The van der Waals surface area contributed by atoms with Gasteiger partial charge in [-0.15, -0.1) is 0 Å². The predicted molar refractivity (Wildman–Crippen MR) is 185 cm³/mol. The number of pyridine rings is 1. The Kier molecular flexibility index (Phi) is 7.03. The van der Waals surface area contributed by atoms with Crippen LogP contribution in [0.15, 0.2) is 163 Å². The van der Waals surface area contributed by atoms with Crippen molar-refractivity contribution in [2.24, 2.45) is 0 Å². The number of fused-ring (bicyclic) bond motifs is 1. The SMILES string of the molecule is C1=C=C(c2cc(-c3cccc(-c4ccncc4)c3)cc(-c3nc(-c4ccccc4)nc(-c4ccccc4)n3)c2)c2ccccc2C=1. The summed E-state index contributed by atoms with van der Waals surface area (Å²) in [7, 11) is 0. The molecule has 8 rings (SSSR count). The number of hydrogen-bond donors (Lipinski definition) is 0. The van der Waals surface area contributed by atoms with Gasteiger partial charge in [-0.25, -0.2) is 15.0 Å². The minimum absolute atomic E-state index is 0.602. The fraction of sp³-hybridized carbons (Fsp3) is 0. The summed E-state index contributed by atoms with van der Waals surface area (Å²) in [5, 5.41) is 0. The van der Waals surface area contributed by atoms with Gasteiger partial charge in [0.15, 0.2) is 17.5 Å². The zero-order chi connectivity index (χ0) is 30.7. The highest BCUT2D eigenvalue weighted by molar-refractivity contribution is 5.89.